The Morgan fingerprint density at radius 3 is 2.20 bits per heavy atom. The third-order valence-electron chi connectivity index (χ3n) is 3.19. The van der Waals surface area contributed by atoms with Crippen LogP contribution in [0.5, 0.6) is 0 Å². The maximum Gasteiger partial charge on any atom is 0.0666 e. The van der Waals surface area contributed by atoms with Crippen LogP contribution in [0.3, 0.4) is 0 Å². The van der Waals surface area contributed by atoms with Crippen molar-refractivity contribution in [2.45, 2.75) is 70.6 Å². The van der Waals surface area contributed by atoms with Gasteiger partial charge in [0.15, 0.2) is 0 Å². The molecule has 0 fully saturated rings. The first-order valence-corrected chi connectivity index (χ1v) is 6.48. The lowest BCUT2D eigenvalue weighted by Gasteiger charge is -2.07. The smallest absolute Gasteiger partial charge is 0.0666 e. The van der Waals surface area contributed by atoms with Crippen molar-refractivity contribution in [3.8, 4) is 6.07 Å². The zero-order valence-corrected chi connectivity index (χ0v) is 9.80. The molecule has 0 unspecified atom stereocenters. The van der Waals surface area contributed by atoms with E-state index in [-0.39, 0.29) is 0 Å². The molecular weight excluding hydrogens is 182 g/mol. The predicted molar refractivity (Wildman–Crippen MR) is 64.5 cm³/mol. The van der Waals surface area contributed by atoms with E-state index in [0.29, 0.717) is 6.42 Å². The number of allylic oxidation sites excluding steroid dienone is 2. The van der Waals surface area contributed by atoms with E-state index >= 15 is 0 Å². The Labute approximate surface area is 94.2 Å². The van der Waals surface area contributed by atoms with Crippen molar-refractivity contribution >= 4 is 0 Å². The van der Waals surface area contributed by atoms with Gasteiger partial charge >= 0.3 is 0 Å². The Hall–Kier alpha value is -0.770. The molecule has 15 heavy (non-hydrogen) atoms. The van der Waals surface area contributed by atoms with Crippen LogP contribution in [-0.4, -0.2) is 0 Å². The van der Waals surface area contributed by atoms with Crippen LogP contribution in [0, 0.1) is 11.3 Å². The minimum absolute atomic E-state index is 0.653. The van der Waals surface area contributed by atoms with Crippen molar-refractivity contribution in [1.29, 1.82) is 5.26 Å². The fraction of sp³-hybridized carbons (Fsp3) is 0.786. The van der Waals surface area contributed by atoms with E-state index in [2.05, 4.69) is 12.1 Å². The van der Waals surface area contributed by atoms with Crippen LogP contribution in [0.15, 0.2) is 11.6 Å². The second-order valence-electron chi connectivity index (χ2n) is 4.56. The lowest BCUT2D eigenvalue weighted by atomic mass is 9.99. The molecule has 84 valence electrons. The molecule has 0 aliphatic heterocycles. The van der Waals surface area contributed by atoms with Crippen LogP contribution in [0.25, 0.3) is 0 Å². The second kappa shape index (κ2) is 8.53. The van der Waals surface area contributed by atoms with Gasteiger partial charge in [0.2, 0.25) is 0 Å². The maximum absolute atomic E-state index is 8.72. The van der Waals surface area contributed by atoms with Gasteiger partial charge in [-0.15, -0.1) is 0 Å². The summed E-state index contributed by atoms with van der Waals surface area (Å²) in [6, 6.07) is 2.28. The largest absolute Gasteiger partial charge is 0.198 e. The Morgan fingerprint density at radius 1 is 0.933 bits per heavy atom. The van der Waals surface area contributed by atoms with Gasteiger partial charge < -0.3 is 0 Å². The lowest BCUT2D eigenvalue weighted by Crippen LogP contribution is -1.88. The molecule has 1 heteroatoms. The van der Waals surface area contributed by atoms with Crippen molar-refractivity contribution in [3.05, 3.63) is 11.6 Å². The molecule has 0 amide bonds. The van der Waals surface area contributed by atoms with E-state index < -0.39 is 0 Å². The van der Waals surface area contributed by atoms with E-state index in [1.165, 1.54) is 63.4 Å². The third-order valence-corrected chi connectivity index (χ3v) is 3.19. The van der Waals surface area contributed by atoms with Crippen LogP contribution in [0.1, 0.15) is 70.6 Å². The van der Waals surface area contributed by atoms with Crippen LogP contribution in [-0.2, 0) is 0 Å². The number of hydrogen-bond acceptors (Lipinski definition) is 1. The molecule has 0 spiro atoms. The summed E-state index contributed by atoms with van der Waals surface area (Å²) in [5.74, 6) is 0. The highest BCUT2D eigenvalue weighted by atomic mass is 14.2. The van der Waals surface area contributed by atoms with Gasteiger partial charge in [0.05, 0.1) is 12.5 Å². The first-order chi connectivity index (χ1) is 7.43. The van der Waals surface area contributed by atoms with Crippen LogP contribution < -0.4 is 0 Å². The molecule has 0 aromatic rings. The Morgan fingerprint density at radius 2 is 1.53 bits per heavy atom. The summed E-state index contributed by atoms with van der Waals surface area (Å²) in [7, 11) is 0. The van der Waals surface area contributed by atoms with Gasteiger partial charge in [-0.3, -0.25) is 0 Å². The quantitative estimate of drug-likeness (QED) is 0.567. The van der Waals surface area contributed by atoms with Gasteiger partial charge in [-0.2, -0.15) is 5.26 Å². The summed E-state index contributed by atoms with van der Waals surface area (Å²) in [6.07, 6.45) is 16.3. The summed E-state index contributed by atoms with van der Waals surface area (Å²) >= 11 is 0. The van der Waals surface area contributed by atoms with E-state index in [1.807, 2.05) is 0 Å². The molecule has 1 aliphatic carbocycles. The van der Waals surface area contributed by atoms with Gasteiger partial charge in [0.1, 0.15) is 0 Å². The van der Waals surface area contributed by atoms with Crippen molar-refractivity contribution < 1.29 is 0 Å². The zero-order chi connectivity index (χ0) is 10.8. The number of hydrogen-bond donors (Lipinski definition) is 0. The Kier molecular flexibility index (Phi) is 7.00. The maximum atomic E-state index is 8.72. The van der Waals surface area contributed by atoms with E-state index in [9.17, 15) is 0 Å². The highest BCUT2D eigenvalue weighted by Crippen LogP contribution is 2.18. The van der Waals surface area contributed by atoms with Gasteiger partial charge in [-0.05, 0) is 25.7 Å². The molecule has 0 N–H and O–H groups in total. The Balaban J connectivity index is 2.35. The SMILES string of the molecule is N#CCC1=CCCCCCCCCCC1. The highest BCUT2D eigenvalue weighted by molar-refractivity contribution is 5.07. The standard InChI is InChI=1S/C14H23N/c15-13-12-14-10-8-6-4-2-1-3-5-7-9-11-14/h10H,1-9,11-12H2. The first kappa shape index (κ1) is 12.3. The summed E-state index contributed by atoms with van der Waals surface area (Å²) in [5, 5.41) is 8.72. The van der Waals surface area contributed by atoms with E-state index in [4.69, 9.17) is 5.26 Å². The Bertz CT molecular complexity index is 222. The van der Waals surface area contributed by atoms with Crippen molar-refractivity contribution in [1.82, 2.24) is 0 Å². The number of nitriles is 1. The minimum atomic E-state index is 0.653. The molecule has 0 saturated heterocycles. The average Bonchev–Trinajstić information content (AvgIpc) is 2.22. The van der Waals surface area contributed by atoms with Crippen LogP contribution in [0.2, 0.25) is 0 Å². The lowest BCUT2D eigenvalue weighted by molar-refractivity contribution is 0.561. The van der Waals surface area contributed by atoms with Gasteiger partial charge in [-0.1, -0.05) is 50.2 Å². The molecule has 0 bridgehead atoms. The third kappa shape index (κ3) is 6.33. The fourth-order valence-corrected chi connectivity index (χ4v) is 2.23. The topological polar surface area (TPSA) is 23.8 Å². The highest BCUT2D eigenvalue weighted by Gasteiger charge is 1.99. The number of nitrogens with zero attached hydrogens (tertiary/aromatic N) is 1. The first-order valence-electron chi connectivity index (χ1n) is 6.48. The van der Waals surface area contributed by atoms with E-state index in [0.717, 1.165) is 6.42 Å². The molecule has 1 rings (SSSR count). The molecule has 0 aromatic heterocycles. The molecule has 0 atom stereocenters. The molecular formula is C14H23N. The molecule has 1 aliphatic rings. The number of rotatable bonds is 1. The van der Waals surface area contributed by atoms with Crippen LogP contribution >= 0.6 is 0 Å². The van der Waals surface area contributed by atoms with Gasteiger partial charge in [-0.25, -0.2) is 0 Å². The molecule has 0 heterocycles. The van der Waals surface area contributed by atoms with Crippen molar-refractivity contribution in [2.24, 2.45) is 0 Å². The van der Waals surface area contributed by atoms with Crippen molar-refractivity contribution in [2.75, 3.05) is 0 Å². The van der Waals surface area contributed by atoms with Crippen molar-refractivity contribution in [3.63, 3.8) is 0 Å². The summed E-state index contributed by atoms with van der Waals surface area (Å²) in [5.41, 5.74) is 1.39. The molecule has 0 saturated carbocycles. The average molecular weight is 205 g/mol. The normalized spacial score (nSPS) is 20.6. The summed E-state index contributed by atoms with van der Waals surface area (Å²) in [6.45, 7) is 0. The monoisotopic (exact) mass is 205 g/mol. The zero-order valence-electron chi connectivity index (χ0n) is 9.80. The predicted octanol–water partition coefficient (Wildman–Crippen LogP) is 4.74. The molecule has 0 radical (unpaired) electrons. The minimum Gasteiger partial charge on any atom is -0.198 e. The van der Waals surface area contributed by atoms with Crippen LogP contribution in [0.4, 0.5) is 0 Å². The molecule has 0 aromatic carbocycles. The fourth-order valence-electron chi connectivity index (χ4n) is 2.23. The van der Waals surface area contributed by atoms with Gasteiger partial charge in [0.25, 0.3) is 0 Å². The summed E-state index contributed by atoms with van der Waals surface area (Å²) in [4.78, 5) is 0. The van der Waals surface area contributed by atoms with E-state index in [1.54, 1.807) is 0 Å². The summed E-state index contributed by atoms with van der Waals surface area (Å²) < 4.78 is 0. The second-order valence-corrected chi connectivity index (χ2v) is 4.56. The van der Waals surface area contributed by atoms with Gasteiger partial charge in [0, 0.05) is 0 Å². The molecule has 1 nitrogen and oxygen atoms in total.